The average Bonchev–Trinajstić information content (AvgIpc) is 2.88. The summed E-state index contributed by atoms with van der Waals surface area (Å²) >= 11 is 7.30. The third kappa shape index (κ3) is 3.65. The van der Waals surface area contributed by atoms with Crippen LogP contribution in [0.25, 0.3) is 0 Å². The highest BCUT2D eigenvalue weighted by molar-refractivity contribution is 8.00. The number of halogens is 1. The van der Waals surface area contributed by atoms with Crippen LogP contribution in [0.1, 0.15) is 29.6 Å². The highest BCUT2D eigenvalue weighted by atomic mass is 35.5. The van der Waals surface area contributed by atoms with Crippen molar-refractivity contribution >= 4 is 35.2 Å². The number of imidazole rings is 1. The zero-order valence-corrected chi connectivity index (χ0v) is 14.9. The van der Waals surface area contributed by atoms with Crippen LogP contribution in [0, 0.1) is 0 Å². The summed E-state index contributed by atoms with van der Waals surface area (Å²) < 4.78 is 1.88. The zero-order chi connectivity index (χ0) is 17.1. The second-order valence-electron chi connectivity index (χ2n) is 5.72. The topological polar surface area (TPSA) is 55.2 Å². The normalized spacial score (nSPS) is 18.5. The molecule has 0 unspecified atom stereocenters. The molecule has 1 aliphatic rings. The molecule has 0 saturated carbocycles. The summed E-state index contributed by atoms with van der Waals surface area (Å²) in [6.45, 7) is 0.456. The van der Waals surface area contributed by atoms with E-state index in [0.29, 0.717) is 17.1 Å². The summed E-state index contributed by atoms with van der Waals surface area (Å²) in [5.41, 5.74) is 0.482. The lowest BCUT2D eigenvalue weighted by molar-refractivity contribution is -0.127. The molecular formula is C17H18ClN3O2S. The number of rotatable bonds is 3. The molecule has 0 N–H and O–H groups in total. The van der Waals surface area contributed by atoms with E-state index in [4.69, 9.17) is 11.6 Å². The number of benzene rings is 1. The van der Waals surface area contributed by atoms with Crippen molar-refractivity contribution in [1.29, 1.82) is 0 Å². The first-order valence-electron chi connectivity index (χ1n) is 7.81. The van der Waals surface area contributed by atoms with Gasteiger partial charge in [-0.3, -0.25) is 14.5 Å². The van der Waals surface area contributed by atoms with E-state index in [2.05, 4.69) is 4.98 Å². The van der Waals surface area contributed by atoms with E-state index >= 15 is 0 Å². The minimum absolute atomic E-state index is 0.138. The van der Waals surface area contributed by atoms with Crippen LogP contribution in [0.15, 0.2) is 41.8 Å². The molecule has 126 valence electrons. The number of aromatic nitrogens is 2. The zero-order valence-electron chi connectivity index (χ0n) is 13.3. The molecule has 0 aliphatic carbocycles. The van der Waals surface area contributed by atoms with Crippen LogP contribution in [0.2, 0.25) is 5.02 Å². The van der Waals surface area contributed by atoms with Gasteiger partial charge in [0, 0.05) is 36.6 Å². The number of carbonyl (C=O) groups is 2. The predicted molar refractivity (Wildman–Crippen MR) is 94.2 cm³/mol. The molecule has 0 bridgehead atoms. The maximum Gasteiger partial charge on any atom is 0.260 e. The lowest BCUT2D eigenvalue weighted by Gasteiger charge is -2.22. The predicted octanol–water partition coefficient (Wildman–Crippen LogP) is 3.39. The van der Waals surface area contributed by atoms with E-state index in [1.165, 1.54) is 16.7 Å². The number of aryl methyl sites for hydroxylation is 1. The Bertz CT molecular complexity index is 745. The van der Waals surface area contributed by atoms with Gasteiger partial charge in [-0.1, -0.05) is 29.8 Å². The van der Waals surface area contributed by atoms with Gasteiger partial charge in [-0.2, -0.15) is 0 Å². The summed E-state index contributed by atoms with van der Waals surface area (Å²) in [5, 5.41) is 1.07. The van der Waals surface area contributed by atoms with Crippen LogP contribution >= 0.6 is 23.4 Å². The molecule has 24 heavy (non-hydrogen) atoms. The molecule has 1 atom stereocenters. The first-order valence-corrected chi connectivity index (χ1v) is 9.07. The van der Waals surface area contributed by atoms with E-state index in [-0.39, 0.29) is 17.1 Å². The van der Waals surface area contributed by atoms with Gasteiger partial charge >= 0.3 is 0 Å². The highest BCUT2D eigenvalue weighted by Crippen LogP contribution is 2.29. The first-order chi connectivity index (χ1) is 11.6. The number of likely N-dealkylation sites (tertiary alicyclic amines) is 1. The van der Waals surface area contributed by atoms with Crippen molar-refractivity contribution < 1.29 is 9.59 Å². The van der Waals surface area contributed by atoms with Gasteiger partial charge in [0.2, 0.25) is 5.91 Å². The Hall–Kier alpha value is -1.79. The van der Waals surface area contributed by atoms with Crippen molar-refractivity contribution in [3.8, 4) is 0 Å². The number of imide groups is 1. The van der Waals surface area contributed by atoms with Crippen LogP contribution < -0.4 is 0 Å². The number of thioether (sulfide) groups is 1. The average molecular weight is 364 g/mol. The van der Waals surface area contributed by atoms with Crippen LogP contribution in [0.5, 0.6) is 0 Å². The lowest BCUT2D eigenvalue weighted by Crippen LogP contribution is -2.41. The van der Waals surface area contributed by atoms with Crippen LogP contribution in [-0.2, 0) is 11.8 Å². The maximum atomic E-state index is 12.9. The molecule has 0 radical (unpaired) electrons. The fraction of sp³-hybridized carbons (Fsp3) is 0.353. The number of nitrogens with zero attached hydrogens (tertiary/aromatic N) is 3. The Morgan fingerprint density at radius 2 is 2.04 bits per heavy atom. The van der Waals surface area contributed by atoms with Gasteiger partial charge in [0.05, 0.1) is 5.25 Å². The van der Waals surface area contributed by atoms with Crippen molar-refractivity contribution in [2.24, 2.45) is 7.05 Å². The molecule has 7 heteroatoms. The minimum Gasteiger partial charge on any atom is -0.329 e. The van der Waals surface area contributed by atoms with Crippen molar-refractivity contribution in [1.82, 2.24) is 14.5 Å². The van der Waals surface area contributed by atoms with Crippen molar-refractivity contribution in [2.45, 2.75) is 29.7 Å². The Labute approximate surface area is 150 Å². The van der Waals surface area contributed by atoms with E-state index in [1.54, 1.807) is 30.5 Å². The van der Waals surface area contributed by atoms with E-state index in [1.807, 2.05) is 17.8 Å². The third-order valence-electron chi connectivity index (χ3n) is 4.00. The Morgan fingerprint density at radius 1 is 1.29 bits per heavy atom. The smallest absolute Gasteiger partial charge is 0.260 e. The molecule has 1 saturated heterocycles. The number of amides is 2. The van der Waals surface area contributed by atoms with Gasteiger partial charge in [-0.05, 0) is 37.1 Å². The minimum atomic E-state index is -0.287. The summed E-state index contributed by atoms with van der Waals surface area (Å²) in [6.07, 6.45) is 6.04. The van der Waals surface area contributed by atoms with Crippen LogP contribution in [0.4, 0.5) is 0 Å². The molecule has 2 aromatic rings. The molecular weight excluding hydrogens is 346 g/mol. The number of hydrogen-bond acceptors (Lipinski definition) is 4. The highest BCUT2D eigenvalue weighted by Gasteiger charge is 2.32. The Morgan fingerprint density at radius 3 is 2.71 bits per heavy atom. The van der Waals surface area contributed by atoms with Gasteiger partial charge in [0.1, 0.15) is 0 Å². The molecule has 2 amide bonds. The molecule has 1 aliphatic heterocycles. The van der Waals surface area contributed by atoms with E-state index < -0.39 is 0 Å². The van der Waals surface area contributed by atoms with Crippen molar-refractivity contribution in [3.05, 3.63) is 47.2 Å². The second-order valence-corrected chi connectivity index (χ2v) is 7.33. The van der Waals surface area contributed by atoms with Crippen LogP contribution in [0.3, 0.4) is 0 Å². The van der Waals surface area contributed by atoms with Crippen molar-refractivity contribution in [2.75, 3.05) is 6.54 Å². The van der Waals surface area contributed by atoms with Crippen LogP contribution in [-0.4, -0.2) is 38.1 Å². The fourth-order valence-corrected chi connectivity index (χ4v) is 3.90. The van der Waals surface area contributed by atoms with E-state index in [9.17, 15) is 9.59 Å². The monoisotopic (exact) mass is 363 g/mol. The molecule has 5 nitrogen and oxygen atoms in total. The van der Waals surface area contributed by atoms with Gasteiger partial charge in [-0.25, -0.2) is 4.98 Å². The SMILES string of the molecule is Cn1ccnc1S[C@H]1CCCCN(C(=O)c2ccc(Cl)cc2)C1=O. The maximum absolute atomic E-state index is 12.9. The van der Waals surface area contributed by atoms with Gasteiger partial charge in [-0.15, -0.1) is 0 Å². The molecule has 1 fully saturated rings. The lowest BCUT2D eigenvalue weighted by atomic mass is 10.2. The molecule has 1 aromatic carbocycles. The second kappa shape index (κ2) is 7.40. The Kier molecular flexibility index (Phi) is 5.26. The summed E-state index contributed by atoms with van der Waals surface area (Å²) in [7, 11) is 1.90. The summed E-state index contributed by atoms with van der Waals surface area (Å²) in [6, 6.07) is 6.64. The summed E-state index contributed by atoms with van der Waals surface area (Å²) in [5.74, 6) is -0.399. The third-order valence-corrected chi connectivity index (χ3v) is 5.58. The molecule has 1 aromatic heterocycles. The van der Waals surface area contributed by atoms with Crippen molar-refractivity contribution in [3.63, 3.8) is 0 Å². The fourth-order valence-electron chi connectivity index (χ4n) is 2.66. The first kappa shape index (κ1) is 17.0. The molecule has 2 heterocycles. The Balaban J connectivity index is 1.79. The van der Waals surface area contributed by atoms with E-state index in [0.717, 1.165) is 24.4 Å². The summed E-state index contributed by atoms with van der Waals surface area (Å²) in [4.78, 5) is 31.2. The largest absolute Gasteiger partial charge is 0.329 e. The molecule has 0 spiro atoms. The number of hydrogen-bond donors (Lipinski definition) is 0. The number of carbonyl (C=O) groups excluding carboxylic acids is 2. The quantitative estimate of drug-likeness (QED) is 0.784. The van der Waals surface area contributed by atoms with Gasteiger partial charge in [0.25, 0.3) is 5.91 Å². The molecule has 3 rings (SSSR count). The standard InChI is InChI=1S/C17H18ClN3O2S/c1-20-11-9-19-17(20)24-14-4-2-3-10-21(16(14)23)15(22)12-5-7-13(18)8-6-12/h5-9,11,14H,2-4,10H2,1H3/t14-/m0/s1. The van der Waals surface area contributed by atoms with Gasteiger partial charge in [0.15, 0.2) is 5.16 Å². The van der Waals surface area contributed by atoms with Gasteiger partial charge < -0.3 is 4.57 Å².